The Kier molecular flexibility index (Phi) is 6.93. The number of carbonyl (C=O) groups excluding carboxylic acids is 2. The van der Waals surface area contributed by atoms with Crippen LogP contribution in [-0.4, -0.2) is 35.2 Å². The van der Waals surface area contributed by atoms with E-state index in [1.54, 1.807) is 19.9 Å². The standard InChI is InChI=1S/C27H25BrN2O5/c1-3-27(2,25(33)29-23-14-16(28)12-13-21(23)24(31)32)30-26(34)35-15-22-19-10-6-4-8-17(19)18-9-5-7-11-20(18)22/h4-14,22H,3,15H2,1-2H3,(H,29,33)(H,30,34)(H,31,32). The van der Waals surface area contributed by atoms with Crippen LogP contribution in [0.4, 0.5) is 10.5 Å². The van der Waals surface area contributed by atoms with E-state index in [1.807, 2.05) is 36.4 Å². The average molecular weight is 537 g/mol. The highest BCUT2D eigenvalue weighted by atomic mass is 79.9. The molecule has 4 rings (SSSR count). The Labute approximate surface area is 211 Å². The van der Waals surface area contributed by atoms with Crippen molar-refractivity contribution in [3.05, 3.63) is 87.9 Å². The molecule has 3 aromatic rings. The summed E-state index contributed by atoms with van der Waals surface area (Å²) in [5, 5.41) is 14.7. The van der Waals surface area contributed by atoms with E-state index >= 15 is 0 Å². The minimum absolute atomic E-state index is 0.0545. The average Bonchev–Trinajstić information content (AvgIpc) is 3.16. The third-order valence-corrected chi connectivity index (χ3v) is 6.88. The summed E-state index contributed by atoms with van der Waals surface area (Å²) >= 11 is 3.29. The van der Waals surface area contributed by atoms with E-state index in [1.165, 1.54) is 12.1 Å². The smallest absolute Gasteiger partial charge is 0.408 e. The van der Waals surface area contributed by atoms with Crippen LogP contribution in [0.15, 0.2) is 71.2 Å². The van der Waals surface area contributed by atoms with Crippen molar-refractivity contribution >= 4 is 39.6 Å². The molecule has 1 unspecified atom stereocenters. The minimum atomic E-state index is -1.32. The Balaban J connectivity index is 1.46. The molecule has 0 heterocycles. The number of nitrogens with one attached hydrogen (secondary N) is 2. The molecule has 0 fully saturated rings. The van der Waals surface area contributed by atoms with Crippen LogP contribution in [-0.2, 0) is 9.53 Å². The van der Waals surface area contributed by atoms with E-state index < -0.39 is 23.5 Å². The fourth-order valence-electron chi connectivity index (χ4n) is 4.23. The minimum Gasteiger partial charge on any atom is -0.478 e. The number of rotatable bonds is 7. The van der Waals surface area contributed by atoms with E-state index in [-0.39, 0.29) is 30.2 Å². The predicted molar refractivity (Wildman–Crippen MR) is 137 cm³/mol. The van der Waals surface area contributed by atoms with Crippen molar-refractivity contribution in [1.29, 1.82) is 0 Å². The molecule has 3 N–H and O–H groups in total. The van der Waals surface area contributed by atoms with Gasteiger partial charge >= 0.3 is 12.1 Å². The molecule has 0 radical (unpaired) electrons. The summed E-state index contributed by atoms with van der Waals surface area (Å²) in [7, 11) is 0. The van der Waals surface area contributed by atoms with Crippen molar-refractivity contribution in [1.82, 2.24) is 5.32 Å². The lowest BCUT2D eigenvalue weighted by Crippen LogP contribution is -2.54. The second-order valence-corrected chi connectivity index (χ2v) is 9.50. The first-order chi connectivity index (χ1) is 16.7. The molecule has 3 aromatic carbocycles. The van der Waals surface area contributed by atoms with Crippen molar-refractivity contribution in [2.45, 2.75) is 31.7 Å². The van der Waals surface area contributed by atoms with E-state index in [0.29, 0.717) is 4.47 Å². The second kappa shape index (κ2) is 9.92. The summed E-state index contributed by atoms with van der Waals surface area (Å²) in [6.07, 6.45) is -0.460. The van der Waals surface area contributed by atoms with Crippen LogP contribution in [0.1, 0.15) is 47.7 Å². The maximum Gasteiger partial charge on any atom is 0.408 e. The highest BCUT2D eigenvalue weighted by molar-refractivity contribution is 9.10. The van der Waals surface area contributed by atoms with Gasteiger partial charge in [-0.3, -0.25) is 4.79 Å². The number of halogens is 1. The molecular weight excluding hydrogens is 512 g/mol. The van der Waals surface area contributed by atoms with Gasteiger partial charge in [0.15, 0.2) is 0 Å². The number of alkyl carbamates (subject to hydrolysis) is 1. The van der Waals surface area contributed by atoms with Crippen LogP contribution in [0, 0.1) is 0 Å². The zero-order valence-corrected chi connectivity index (χ0v) is 20.9. The Hall–Kier alpha value is -3.65. The number of hydrogen-bond acceptors (Lipinski definition) is 4. The van der Waals surface area contributed by atoms with Gasteiger partial charge in [-0.1, -0.05) is 71.4 Å². The summed E-state index contributed by atoms with van der Waals surface area (Å²) < 4.78 is 6.20. The topological polar surface area (TPSA) is 105 Å². The number of amides is 2. The number of carboxylic acids is 1. The van der Waals surface area contributed by atoms with Gasteiger partial charge in [0.1, 0.15) is 12.1 Å². The Morgan fingerprint density at radius 2 is 1.60 bits per heavy atom. The van der Waals surface area contributed by atoms with E-state index in [9.17, 15) is 19.5 Å². The molecule has 0 bridgehead atoms. The van der Waals surface area contributed by atoms with Crippen LogP contribution in [0.25, 0.3) is 11.1 Å². The van der Waals surface area contributed by atoms with Gasteiger partial charge in [0.2, 0.25) is 5.91 Å². The molecule has 0 spiro atoms. The summed E-state index contributed by atoms with van der Waals surface area (Å²) in [6, 6.07) is 20.5. The molecule has 0 aromatic heterocycles. The van der Waals surface area contributed by atoms with Crippen LogP contribution in [0.2, 0.25) is 0 Å². The first-order valence-corrected chi connectivity index (χ1v) is 12.0. The van der Waals surface area contributed by atoms with E-state index in [0.717, 1.165) is 22.3 Å². The quantitative estimate of drug-likeness (QED) is 0.354. The lowest BCUT2D eigenvalue weighted by atomic mass is 9.97. The first-order valence-electron chi connectivity index (χ1n) is 11.2. The maximum atomic E-state index is 13.1. The van der Waals surface area contributed by atoms with Gasteiger partial charge in [0.05, 0.1) is 11.3 Å². The number of carbonyl (C=O) groups is 3. The molecule has 0 saturated heterocycles. The Bertz CT molecular complexity index is 1260. The van der Waals surface area contributed by atoms with Crippen LogP contribution < -0.4 is 10.6 Å². The van der Waals surface area contributed by atoms with Crippen molar-refractivity contribution < 1.29 is 24.2 Å². The van der Waals surface area contributed by atoms with Crippen LogP contribution >= 0.6 is 15.9 Å². The van der Waals surface area contributed by atoms with Gasteiger partial charge in [-0.05, 0) is 53.8 Å². The summed E-state index contributed by atoms with van der Waals surface area (Å²) in [4.78, 5) is 37.4. The lowest BCUT2D eigenvalue weighted by Gasteiger charge is -2.28. The Morgan fingerprint density at radius 1 is 1.00 bits per heavy atom. The lowest BCUT2D eigenvalue weighted by molar-refractivity contribution is -0.121. The number of fused-ring (bicyclic) bond motifs is 3. The van der Waals surface area contributed by atoms with Gasteiger partial charge in [-0.25, -0.2) is 9.59 Å². The van der Waals surface area contributed by atoms with Gasteiger partial charge < -0.3 is 20.5 Å². The van der Waals surface area contributed by atoms with Crippen molar-refractivity contribution in [2.24, 2.45) is 0 Å². The largest absolute Gasteiger partial charge is 0.478 e. The predicted octanol–water partition coefficient (Wildman–Crippen LogP) is 5.79. The molecular formula is C27H25BrN2O5. The molecule has 0 aliphatic heterocycles. The van der Waals surface area contributed by atoms with Crippen LogP contribution in [0.5, 0.6) is 0 Å². The summed E-state index contributed by atoms with van der Waals surface area (Å²) in [5.41, 5.74) is 3.19. The summed E-state index contributed by atoms with van der Waals surface area (Å²) in [5.74, 6) is -1.82. The molecule has 35 heavy (non-hydrogen) atoms. The van der Waals surface area contributed by atoms with Gasteiger partial charge in [0.25, 0.3) is 0 Å². The highest BCUT2D eigenvalue weighted by Gasteiger charge is 2.35. The number of hydrogen-bond donors (Lipinski definition) is 3. The molecule has 0 saturated carbocycles. The third-order valence-electron chi connectivity index (χ3n) is 6.39. The zero-order chi connectivity index (χ0) is 25.2. The molecule has 1 aliphatic carbocycles. The van der Waals surface area contributed by atoms with Crippen molar-refractivity contribution in [3.63, 3.8) is 0 Å². The number of aromatic carboxylic acids is 1. The molecule has 2 amide bonds. The first kappa shape index (κ1) is 24.5. The maximum absolute atomic E-state index is 13.1. The fraction of sp³-hybridized carbons (Fsp3) is 0.222. The zero-order valence-electron chi connectivity index (χ0n) is 19.3. The van der Waals surface area contributed by atoms with E-state index in [2.05, 4.69) is 38.7 Å². The van der Waals surface area contributed by atoms with Gasteiger partial charge in [-0.15, -0.1) is 0 Å². The highest BCUT2D eigenvalue weighted by Crippen LogP contribution is 2.44. The molecule has 7 nitrogen and oxygen atoms in total. The SMILES string of the molecule is CCC(C)(NC(=O)OCC1c2ccccc2-c2ccccc21)C(=O)Nc1cc(Br)ccc1C(=O)O. The molecule has 8 heteroatoms. The molecule has 180 valence electrons. The van der Waals surface area contributed by atoms with Gasteiger partial charge in [0, 0.05) is 10.4 Å². The van der Waals surface area contributed by atoms with E-state index in [4.69, 9.17) is 4.74 Å². The normalized spacial score (nSPS) is 13.8. The second-order valence-electron chi connectivity index (χ2n) is 8.59. The van der Waals surface area contributed by atoms with Crippen LogP contribution in [0.3, 0.4) is 0 Å². The number of benzene rings is 3. The fourth-order valence-corrected chi connectivity index (χ4v) is 4.59. The third kappa shape index (κ3) is 4.93. The van der Waals surface area contributed by atoms with Crippen molar-refractivity contribution in [3.8, 4) is 11.1 Å². The van der Waals surface area contributed by atoms with Crippen molar-refractivity contribution in [2.75, 3.05) is 11.9 Å². The number of anilines is 1. The van der Waals surface area contributed by atoms with Gasteiger partial charge in [-0.2, -0.15) is 0 Å². The summed E-state index contributed by atoms with van der Waals surface area (Å²) in [6.45, 7) is 3.45. The number of carboxylic acid groups (broad SMARTS) is 1. The number of ether oxygens (including phenoxy) is 1. The molecule has 1 aliphatic rings. The Morgan fingerprint density at radius 3 is 2.17 bits per heavy atom. The monoisotopic (exact) mass is 536 g/mol. The molecule has 1 atom stereocenters.